The van der Waals surface area contributed by atoms with Gasteiger partial charge in [-0.1, -0.05) is 30.3 Å². The molecule has 0 saturated carbocycles. The maximum absolute atomic E-state index is 12.0. The molecule has 0 saturated heterocycles. The first kappa shape index (κ1) is 11.3. The van der Waals surface area contributed by atoms with Gasteiger partial charge in [-0.15, -0.1) is 0 Å². The van der Waals surface area contributed by atoms with E-state index in [-0.39, 0.29) is 17.8 Å². The highest BCUT2D eigenvalue weighted by Crippen LogP contribution is 2.19. The van der Waals surface area contributed by atoms with Crippen molar-refractivity contribution in [2.75, 3.05) is 7.05 Å². The smallest absolute Gasteiger partial charge is 0.291 e. The van der Waals surface area contributed by atoms with Gasteiger partial charge in [0.15, 0.2) is 0 Å². The Labute approximate surface area is 99.5 Å². The normalized spacial score (nSPS) is 12.1. The molecule has 17 heavy (non-hydrogen) atoms. The summed E-state index contributed by atoms with van der Waals surface area (Å²) in [5.74, 6) is 0.0918. The monoisotopic (exact) mass is 230 g/mol. The molecule has 2 aromatic rings. The summed E-state index contributed by atoms with van der Waals surface area (Å²) in [5, 5.41) is 6.25. The highest BCUT2D eigenvalue weighted by Gasteiger charge is 2.20. The van der Waals surface area contributed by atoms with Gasteiger partial charge in [-0.2, -0.15) is 5.10 Å². The number of carbonyl (C=O) groups excluding carboxylic acids is 1. The molecule has 0 aliphatic rings. The lowest BCUT2D eigenvalue weighted by atomic mass is 10.1. The number of hydrogen-bond acceptors (Lipinski definition) is 3. The Morgan fingerprint density at radius 3 is 2.65 bits per heavy atom. The minimum absolute atomic E-state index is 0.00574. The molecule has 1 atom stereocenters. The van der Waals surface area contributed by atoms with Crippen LogP contribution >= 0.6 is 0 Å². The van der Waals surface area contributed by atoms with Crippen molar-refractivity contribution >= 4 is 5.91 Å². The molecule has 1 amide bonds. The second kappa shape index (κ2) is 4.78. The van der Waals surface area contributed by atoms with E-state index < -0.39 is 0 Å². The van der Waals surface area contributed by atoms with Crippen LogP contribution in [-0.4, -0.2) is 33.0 Å². The van der Waals surface area contributed by atoms with E-state index in [1.54, 1.807) is 11.9 Å². The number of H-pyrrole nitrogens is 1. The fourth-order valence-corrected chi connectivity index (χ4v) is 1.61. The van der Waals surface area contributed by atoms with E-state index in [4.69, 9.17) is 0 Å². The molecule has 0 aliphatic heterocycles. The number of carbonyl (C=O) groups is 1. The van der Waals surface area contributed by atoms with Gasteiger partial charge in [-0.3, -0.25) is 9.89 Å². The van der Waals surface area contributed by atoms with Gasteiger partial charge in [0.2, 0.25) is 5.82 Å². The summed E-state index contributed by atoms with van der Waals surface area (Å²) in [6, 6.07) is 9.85. The van der Waals surface area contributed by atoms with Crippen LogP contribution in [0.1, 0.15) is 29.1 Å². The van der Waals surface area contributed by atoms with Crippen molar-refractivity contribution < 1.29 is 4.79 Å². The first-order chi connectivity index (χ1) is 8.20. The van der Waals surface area contributed by atoms with Crippen molar-refractivity contribution in [3.8, 4) is 0 Å². The zero-order chi connectivity index (χ0) is 12.3. The summed E-state index contributed by atoms with van der Waals surface area (Å²) in [6.07, 6.45) is 1.33. The number of rotatable bonds is 3. The van der Waals surface area contributed by atoms with E-state index in [1.165, 1.54) is 6.33 Å². The molecular weight excluding hydrogens is 216 g/mol. The molecule has 0 radical (unpaired) electrons. The van der Waals surface area contributed by atoms with Gasteiger partial charge < -0.3 is 4.90 Å². The van der Waals surface area contributed by atoms with Gasteiger partial charge in [0.1, 0.15) is 6.33 Å². The molecule has 2 rings (SSSR count). The largest absolute Gasteiger partial charge is 0.332 e. The van der Waals surface area contributed by atoms with Crippen molar-refractivity contribution in [3.63, 3.8) is 0 Å². The standard InChI is InChI=1S/C12H14N4O/c1-9(10-6-4-3-5-7-10)16(2)12(17)11-13-8-14-15-11/h3-9H,1-2H3,(H,13,14,15). The molecule has 1 N–H and O–H groups in total. The molecule has 88 valence electrons. The van der Waals surface area contributed by atoms with Crippen LogP contribution in [0.2, 0.25) is 0 Å². The Balaban J connectivity index is 2.15. The molecule has 5 nitrogen and oxygen atoms in total. The lowest BCUT2D eigenvalue weighted by Crippen LogP contribution is -2.30. The highest BCUT2D eigenvalue weighted by molar-refractivity contribution is 5.90. The molecule has 1 aromatic carbocycles. The lowest BCUT2D eigenvalue weighted by Gasteiger charge is -2.24. The van der Waals surface area contributed by atoms with E-state index in [1.807, 2.05) is 37.3 Å². The SMILES string of the molecule is CC(c1ccccc1)N(C)C(=O)c1ncn[nH]1. The Morgan fingerprint density at radius 1 is 1.35 bits per heavy atom. The molecule has 1 heterocycles. The summed E-state index contributed by atoms with van der Waals surface area (Å²) in [4.78, 5) is 17.5. The maximum Gasteiger partial charge on any atom is 0.291 e. The number of aromatic amines is 1. The Morgan fingerprint density at radius 2 is 2.06 bits per heavy atom. The second-order valence-electron chi connectivity index (χ2n) is 3.84. The summed E-state index contributed by atoms with van der Waals surface area (Å²) in [7, 11) is 1.75. The average Bonchev–Trinajstić information content (AvgIpc) is 2.91. The third-order valence-corrected chi connectivity index (χ3v) is 2.80. The molecule has 1 aromatic heterocycles. The fraction of sp³-hybridized carbons (Fsp3) is 0.250. The lowest BCUT2D eigenvalue weighted by molar-refractivity contribution is 0.0730. The van der Waals surface area contributed by atoms with Gasteiger partial charge in [0.05, 0.1) is 6.04 Å². The van der Waals surface area contributed by atoms with Crippen LogP contribution in [0.15, 0.2) is 36.7 Å². The zero-order valence-corrected chi connectivity index (χ0v) is 9.79. The van der Waals surface area contributed by atoms with Crippen molar-refractivity contribution in [1.29, 1.82) is 0 Å². The second-order valence-corrected chi connectivity index (χ2v) is 3.84. The van der Waals surface area contributed by atoms with Crippen LogP contribution < -0.4 is 0 Å². The third kappa shape index (κ3) is 2.33. The number of hydrogen-bond donors (Lipinski definition) is 1. The summed E-state index contributed by atoms with van der Waals surface area (Å²) >= 11 is 0. The molecular formula is C12H14N4O. The van der Waals surface area contributed by atoms with Crippen LogP contribution in [0.4, 0.5) is 0 Å². The third-order valence-electron chi connectivity index (χ3n) is 2.80. The van der Waals surface area contributed by atoms with Gasteiger partial charge in [-0.25, -0.2) is 4.98 Å². The molecule has 1 unspecified atom stereocenters. The quantitative estimate of drug-likeness (QED) is 0.871. The van der Waals surface area contributed by atoms with Crippen LogP contribution in [0.25, 0.3) is 0 Å². The first-order valence-electron chi connectivity index (χ1n) is 5.37. The predicted octanol–water partition coefficient (Wildman–Crippen LogP) is 1.64. The summed E-state index contributed by atoms with van der Waals surface area (Å²) in [6.45, 7) is 1.98. The Kier molecular flexibility index (Phi) is 3.18. The number of benzene rings is 1. The van der Waals surface area contributed by atoms with E-state index >= 15 is 0 Å². The van der Waals surface area contributed by atoms with E-state index in [9.17, 15) is 4.79 Å². The molecule has 0 bridgehead atoms. The molecule has 0 fully saturated rings. The molecule has 0 spiro atoms. The Bertz CT molecular complexity index is 480. The van der Waals surface area contributed by atoms with Crippen LogP contribution in [0.5, 0.6) is 0 Å². The number of aromatic nitrogens is 3. The maximum atomic E-state index is 12.0. The van der Waals surface area contributed by atoms with Crippen LogP contribution in [-0.2, 0) is 0 Å². The van der Waals surface area contributed by atoms with E-state index in [0.717, 1.165) is 5.56 Å². The summed E-state index contributed by atoms with van der Waals surface area (Å²) in [5.41, 5.74) is 1.09. The zero-order valence-electron chi connectivity index (χ0n) is 9.79. The minimum atomic E-state index is -0.168. The number of amides is 1. The Hall–Kier alpha value is -2.17. The van der Waals surface area contributed by atoms with Crippen molar-refractivity contribution in [2.24, 2.45) is 0 Å². The number of nitrogens with one attached hydrogen (secondary N) is 1. The van der Waals surface area contributed by atoms with Crippen molar-refractivity contribution in [2.45, 2.75) is 13.0 Å². The van der Waals surface area contributed by atoms with E-state index in [0.29, 0.717) is 0 Å². The molecule has 5 heteroatoms. The first-order valence-corrected chi connectivity index (χ1v) is 5.37. The fourth-order valence-electron chi connectivity index (χ4n) is 1.61. The van der Waals surface area contributed by atoms with Crippen molar-refractivity contribution in [1.82, 2.24) is 20.1 Å². The van der Waals surface area contributed by atoms with Gasteiger partial charge in [0, 0.05) is 7.05 Å². The average molecular weight is 230 g/mol. The summed E-state index contributed by atoms with van der Waals surface area (Å²) < 4.78 is 0. The van der Waals surface area contributed by atoms with Gasteiger partial charge in [-0.05, 0) is 12.5 Å². The number of nitrogens with zero attached hydrogens (tertiary/aromatic N) is 3. The van der Waals surface area contributed by atoms with Crippen LogP contribution in [0.3, 0.4) is 0 Å². The topological polar surface area (TPSA) is 61.9 Å². The van der Waals surface area contributed by atoms with Crippen molar-refractivity contribution in [3.05, 3.63) is 48.0 Å². The highest BCUT2D eigenvalue weighted by atomic mass is 16.2. The van der Waals surface area contributed by atoms with E-state index in [2.05, 4.69) is 15.2 Å². The minimum Gasteiger partial charge on any atom is -0.332 e. The van der Waals surface area contributed by atoms with Gasteiger partial charge in [0.25, 0.3) is 5.91 Å². The van der Waals surface area contributed by atoms with Gasteiger partial charge >= 0.3 is 0 Å². The van der Waals surface area contributed by atoms with Crippen LogP contribution in [0, 0.1) is 0 Å². The molecule has 0 aliphatic carbocycles. The predicted molar refractivity (Wildman–Crippen MR) is 63.3 cm³/mol.